The molecular formula is C24H32N2O4S. The van der Waals surface area contributed by atoms with Gasteiger partial charge in [0, 0.05) is 24.6 Å². The Morgan fingerprint density at radius 1 is 1.10 bits per heavy atom. The lowest BCUT2D eigenvalue weighted by Gasteiger charge is -2.32. The van der Waals surface area contributed by atoms with Crippen LogP contribution < -0.4 is 10.1 Å². The van der Waals surface area contributed by atoms with Gasteiger partial charge in [-0.15, -0.1) is 0 Å². The van der Waals surface area contributed by atoms with Gasteiger partial charge in [0.2, 0.25) is 15.9 Å². The minimum Gasteiger partial charge on any atom is -0.496 e. The number of benzene rings is 2. The van der Waals surface area contributed by atoms with Gasteiger partial charge in [-0.1, -0.05) is 35.9 Å². The standard InChI is InChI=1S/C24H32N2O4S/c1-16-14-17(2)23(18(3)15-16)31(28,29)26-12-10-20(11-13-26)24(27)25-19(4)21-8-6-7-9-22(21)30-5/h6-9,14-15,19-20H,10-13H2,1-5H3,(H,25,27)/t19-/m1/s1. The fourth-order valence-corrected chi connectivity index (χ4v) is 6.38. The molecule has 0 aromatic heterocycles. The predicted molar refractivity (Wildman–Crippen MR) is 122 cm³/mol. The number of rotatable bonds is 6. The average Bonchev–Trinajstić information content (AvgIpc) is 2.72. The maximum Gasteiger partial charge on any atom is 0.243 e. The van der Waals surface area contributed by atoms with Gasteiger partial charge in [0.1, 0.15) is 5.75 Å². The first kappa shape index (κ1) is 23.3. The van der Waals surface area contributed by atoms with Crippen LogP contribution in [0.3, 0.4) is 0 Å². The van der Waals surface area contributed by atoms with Crippen molar-refractivity contribution < 1.29 is 17.9 Å². The summed E-state index contributed by atoms with van der Waals surface area (Å²) < 4.78 is 33.4. The van der Waals surface area contributed by atoms with Crippen LogP contribution in [0.15, 0.2) is 41.3 Å². The van der Waals surface area contributed by atoms with Crippen LogP contribution in [0, 0.1) is 26.7 Å². The third-order valence-corrected chi connectivity index (χ3v) is 8.20. The minimum absolute atomic E-state index is 0.0434. The number of methoxy groups -OCH3 is 1. The molecule has 1 N–H and O–H groups in total. The van der Waals surface area contributed by atoms with E-state index >= 15 is 0 Å². The Morgan fingerprint density at radius 3 is 2.26 bits per heavy atom. The number of hydrogen-bond donors (Lipinski definition) is 1. The molecule has 3 rings (SSSR count). The van der Waals surface area contributed by atoms with Crippen molar-refractivity contribution in [3.05, 3.63) is 58.7 Å². The molecule has 1 saturated heterocycles. The van der Waals surface area contributed by atoms with Crippen molar-refractivity contribution in [2.45, 2.75) is 51.5 Å². The van der Waals surface area contributed by atoms with Gasteiger partial charge in [-0.3, -0.25) is 4.79 Å². The van der Waals surface area contributed by atoms with E-state index in [4.69, 9.17) is 4.74 Å². The molecule has 0 unspecified atom stereocenters. The number of hydrogen-bond acceptors (Lipinski definition) is 4. The lowest BCUT2D eigenvalue weighted by molar-refractivity contribution is -0.126. The molecular weight excluding hydrogens is 412 g/mol. The Labute approximate surface area is 185 Å². The van der Waals surface area contributed by atoms with Crippen LogP contribution in [0.25, 0.3) is 0 Å². The van der Waals surface area contributed by atoms with Crippen LogP contribution in [0.1, 0.15) is 48.1 Å². The molecule has 0 bridgehead atoms. The van der Waals surface area contributed by atoms with Gasteiger partial charge in [0.05, 0.1) is 18.0 Å². The summed E-state index contributed by atoms with van der Waals surface area (Å²) in [6.45, 7) is 8.26. The molecule has 168 valence electrons. The summed E-state index contributed by atoms with van der Waals surface area (Å²) in [5.74, 6) is 0.488. The van der Waals surface area contributed by atoms with Crippen LogP contribution in [-0.2, 0) is 14.8 Å². The highest BCUT2D eigenvalue weighted by atomic mass is 32.2. The van der Waals surface area contributed by atoms with Crippen molar-refractivity contribution in [3.8, 4) is 5.75 Å². The van der Waals surface area contributed by atoms with Gasteiger partial charge in [-0.2, -0.15) is 4.31 Å². The second kappa shape index (κ2) is 9.40. The minimum atomic E-state index is -3.58. The molecule has 1 aliphatic heterocycles. The highest BCUT2D eigenvalue weighted by Gasteiger charge is 2.34. The second-order valence-electron chi connectivity index (χ2n) is 8.38. The van der Waals surface area contributed by atoms with Gasteiger partial charge in [0.15, 0.2) is 0 Å². The first-order valence-corrected chi connectivity index (χ1v) is 12.1. The largest absolute Gasteiger partial charge is 0.496 e. The number of ether oxygens (including phenoxy) is 1. The predicted octanol–water partition coefficient (Wildman–Crippen LogP) is 3.90. The maximum atomic E-state index is 13.3. The third-order valence-electron chi connectivity index (χ3n) is 5.99. The quantitative estimate of drug-likeness (QED) is 0.733. The summed E-state index contributed by atoms with van der Waals surface area (Å²) in [7, 11) is -1.97. The lowest BCUT2D eigenvalue weighted by atomic mass is 9.96. The van der Waals surface area contributed by atoms with Crippen LogP contribution in [-0.4, -0.2) is 38.8 Å². The molecule has 0 radical (unpaired) electrons. The fraction of sp³-hybridized carbons (Fsp3) is 0.458. The van der Waals surface area contributed by atoms with Crippen molar-refractivity contribution in [2.75, 3.05) is 20.2 Å². The molecule has 0 spiro atoms. The second-order valence-corrected chi connectivity index (χ2v) is 10.3. The van der Waals surface area contributed by atoms with E-state index in [9.17, 15) is 13.2 Å². The molecule has 6 nitrogen and oxygen atoms in total. The maximum absolute atomic E-state index is 13.3. The van der Waals surface area contributed by atoms with Gasteiger partial charge in [-0.05, 0) is 57.7 Å². The Hall–Kier alpha value is -2.38. The van der Waals surface area contributed by atoms with Crippen molar-refractivity contribution in [1.29, 1.82) is 0 Å². The molecule has 7 heteroatoms. The van der Waals surface area contributed by atoms with Crippen molar-refractivity contribution in [2.24, 2.45) is 5.92 Å². The van der Waals surface area contributed by atoms with E-state index in [0.29, 0.717) is 30.8 Å². The van der Waals surface area contributed by atoms with Gasteiger partial charge in [0.25, 0.3) is 0 Å². The molecule has 1 amide bonds. The van der Waals surface area contributed by atoms with Crippen LogP contribution >= 0.6 is 0 Å². The number of aryl methyl sites for hydroxylation is 3. The zero-order valence-corrected chi connectivity index (χ0v) is 19.8. The fourth-order valence-electron chi connectivity index (χ4n) is 4.49. The molecule has 0 aliphatic carbocycles. The molecule has 2 aromatic carbocycles. The summed E-state index contributed by atoms with van der Waals surface area (Å²) in [5, 5.41) is 3.06. The van der Waals surface area contributed by atoms with Crippen molar-refractivity contribution in [1.82, 2.24) is 9.62 Å². The molecule has 1 atom stereocenters. The number of nitrogens with one attached hydrogen (secondary N) is 1. The van der Waals surface area contributed by atoms with Crippen molar-refractivity contribution >= 4 is 15.9 Å². The summed E-state index contributed by atoms with van der Waals surface area (Å²) in [6, 6.07) is 11.2. The van der Waals surface area contributed by atoms with Crippen LogP contribution in [0.4, 0.5) is 0 Å². The molecule has 1 aliphatic rings. The van der Waals surface area contributed by atoms with Gasteiger partial charge < -0.3 is 10.1 Å². The summed E-state index contributed by atoms with van der Waals surface area (Å²) in [6.07, 6.45) is 1.02. The Kier molecular flexibility index (Phi) is 7.06. The first-order chi connectivity index (χ1) is 14.6. The van der Waals surface area contributed by atoms with Gasteiger partial charge in [-0.25, -0.2) is 8.42 Å². The smallest absolute Gasteiger partial charge is 0.243 e. The molecule has 2 aromatic rings. The van der Waals surface area contributed by atoms with Gasteiger partial charge >= 0.3 is 0 Å². The number of carbonyl (C=O) groups excluding carboxylic acids is 1. The SMILES string of the molecule is COc1ccccc1[C@@H](C)NC(=O)C1CCN(S(=O)(=O)c2c(C)cc(C)cc2C)CC1. The zero-order chi connectivity index (χ0) is 22.8. The van der Waals surface area contributed by atoms with E-state index in [1.807, 2.05) is 64.1 Å². The van der Waals surface area contributed by atoms with E-state index in [-0.39, 0.29) is 17.9 Å². The average molecular weight is 445 g/mol. The third kappa shape index (κ3) is 4.93. The Bertz CT molecular complexity index is 1030. The number of amides is 1. The number of piperidine rings is 1. The van der Waals surface area contributed by atoms with E-state index in [0.717, 1.165) is 28.0 Å². The Morgan fingerprint density at radius 2 is 1.68 bits per heavy atom. The summed E-state index contributed by atoms with van der Waals surface area (Å²) in [5.41, 5.74) is 3.50. The van der Waals surface area contributed by atoms with Crippen molar-refractivity contribution in [3.63, 3.8) is 0 Å². The van der Waals surface area contributed by atoms with E-state index in [1.165, 1.54) is 4.31 Å². The first-order valence-electron chi connectivity index (χ1n) is 10.7. The highest BCUT2D eigenvalue weighted by molar-refractivity contribution is 7.89. The monoisotopic (exact) mass is 444 g/mol. The number of carbonyl (C=O) groups is 1. The summed E-state index contributed by atoms with van der Waals surface area (Å²) >= 11 is 0. The van der Waals surface area contributed by atoms with Crippen LogP contribution in [0.2, 0.25) is 0 Å². The van der Waals surface area contributed by atoms with E-state index in [2.05, 4.69) is 5.32 Å². The lowest BCUT2D eigenvalue weighted by Crippen LogP contribution is -2.43. The summed E-state index contributed by atoms with van der Waals surface area (Å²) in [4.78, 5) is 13.2. The topological polar surface area (TPSA) is 75.7 Å². The van der Waals surface area contributed by atoms with E-state index < -0.39 is 10.0 Å². The molecule has 0 saturated carbocycles. The zero-order valence-electron chi connectivity index (χ0n) is 18.9. The molecule has 1 heterocycles. The normalized spacial score (nSPS) is 16.7. The molecule has 31 heavy (non-hydrogen) atoms. The molecule has 1 fully saturated rings. The number of sulfonamides is 1. The van der Waals surface area contributed by atoms with E-state index in [1.54, 1.807) is 7.11 Å². The highest BCUT2D eigenvalue weighted by Crippen LogP contribution is 2.30. The van der Waals surface area contributed by atoms with Crippen LogP contribution in [0.5, 0.6) is 5.75 Å². The Balaban J connectivity index is 1.66. The number of para-hydroxylation sites is 1. The number of nitrogens with zero attached hydrogens (tertiary/aromatic N) is 1.